The van der Waals surface area contributed by atoms with E-state index in [-0.39, 0.29) is 5.78 Å². The minimum absolute atomic E-state index is 0.150. The van der Waals surface area contributed by atoms with Gasteiger partial charge in [-0.15, -0.1) is 0 Å². The van der Waals surface area contributed by atoms with Gasteiger partial charge >= 0.3 is 0 Å². The normalized spacial score (nSPS) is 10.5. The molecular weight excluding hydrogens is 328 g/mol. The summed E-state index contributed by atoms with van der Waals surface area (Å²) in [6.07, 6.45) is 0. The molecule has 0 amide bonds. The zero-order chi connectivity index (χ0) is 18.0. The van der Waals surface area contributed by atoms with Crippen LogP contribution in [0, 0.1) is 20.8 Å². The number of ketones is 1. The van der Waals surface area contributed by atoms with E-state index < -0.39 is 0 Å². The quantitative estimate of drug-likeness (QED) is 0.745. The van der Waals surface area contributed by atoms with E-state index in [4.69, 9.17) is 25.8 Å². The van der Waals surface area contributed by atoms with Gasteiger partial charge in [-0.3, -0.25) is 4.79 Å². The van der Waals surface area contributed by atoms with Crippen LogP contribution in [-0.4, -0.2) is 27.1 Å². The second kappa shape index (κ2) is 7.14. The molecule has 0 atom stereocenters. The summed E-state index contributed by atoms with van der Waals surface area (Å²) in [5.41, 5.74) is 3.38. The lowest BCUT2D eigenvalue weighted by Gasteiger charge is -2.19. The highest BCUT2D eigenvalue weighted by molar-refractivity contribution is 6.32. The Morgan fingerprint density at radius 3 is 2.04 bits per heavy atom. The molecule has 0 saturated carbocycles. The van der Waals surface area contributed by atoms with Gasteiger partial charge in [-0.05, 0) is 49.6 Å². The summed E-state index contributed by atoms with van der Waals surface area (Å²) in [5, 5.41) is 0.557. The Morgan fingerprint density at radius 1 is 0.875 bits per heavy atom. The molecule has 0 aliphatic rings. The summed E-state index contributed by atoms with van der Waals surface area (Å²) in [6, 6.07) is 5.40. The molecule has 0 aliphatic heterocycles. The number of aryl methyl sites for hydroxylation is 2. The van der Waals surface area contributed by atoms with Crippen molar-refractivity contribution in [2.24, 2.45) is 0 Å². The van der Waals surface area contributed by atoms with Crippen LogP contribution < -0.4 is 14.2 Å². The summed E-state index contributed by atoms with van der Waals surface area (Å²) < 4.78 is 16.2. The Hall–Kier alpha value is -2.20. The van der Waals surface area contributed by atoms with Gasteiger partial charge in [0.05, 0.1) is 26.9 Å². The maximum absolute atomic E-state index is 13.3. The zero-order valence-corrected chi connectivity index (χ0v) is 15.5. The smallest absolute Gasteiger partial charge is 0.204 e. The van der Waals surface area contributed by atoms with Crippen molar-refractivity contribution in [3.8, 4) is 17.2 Å². The van der Waals surface area contributed by atoms with Gasteiger partial charge in [0, 0.05) is 10.6 Å². The van der Waals surface area contributed by atoms with Crippen molar-refractivity contribution < 1.29 is 19.0 Å². The average Bonchev–Trinajstić information content (AvgIpc) is 2.56. The number of hydrogen-bond donors (Lipinski definition) is 0. The predicted octanol–water partition coefficient (Wildman–Crippen LogP) is 4.52. The van der Waals surface area contributed by atoms with Crippen molar-refractivity contribution in [3.63, 3.8) is 0 Å². The summed E-state index contributed by atoms with van der Waals surface area (Å²) in [4.78, 5) is 13.3. The maximum atomic E-state index is 13.3. The second-order valence-electron chi connectivity index (χ2n) is 5.53. The minimum atomic E-state index is -0.150. The average molecular weight is 349 g/mol. The molecule has 0 unspecified atom stereocenters. The minimum Gasteiger partial charge on any atom is -0.493 e. The van der Waals surface area contributed by atoms with Crippen LogP contribution in [0.15, 0.2) is 18.2 Å². The van der Waals surface area contributed by atoms with Crippen LogP contribution in [-0.2, 0) is 0 Å². The monoisotopic (exact) mass is 348 g/mol. The van der Waals surface area contributed by atoms with Crippen molar-refractivity contribution in [2.75, 3.05) is 21.3 Å². The number of halogens is 1. The highest BCUT2D eigenvalue weighted by Gasteiger charge is 2.26. The van der Waals surface area contributed by atoms with Crippen LogP contribution in [0.4, 0.5) is 0 Å². The molecule has 24 heavy (non-hydrogen) atoms. The third-order valence-corrected chi connectivity index (χ3v) is 4.50. The third kappa shape index (κ3) is 2.94. The van der Waals surface area contributed by atoms with Crippen LogP contribution >= 0.6 is 11.6 Å². The van der Waals surface area contributed by atoms with Gasteiger partial charge in [0.15, 0.2) is 17.3 Å². The molecule has 5 heteroatoms. The molecular formula is C19H21ClO4. The van der Waals surface area contributed by atoms with Crippen molar-refractivity contribution in [3.05, 3.63) is 51.0 Å². The predicted molar refractivity (Wildman–Crippen MR) is 95.2 cm³/mol. The first-order chi connectivity index (χ1) is 11.4. The molecule has 0 aromatic heterocycles. The maximum Gasteiger partial charge on any atom is 0.204 e. The fourth-order valence-electron chi connectivity index (χ4n) is 2.86. The molecule has 0 bridgehead atoms. The first-order valence-corrected chi connectivity index (χ1v) is 7.85. The fraction of sp³-hybridized carbons (Fsp3) is 0.316. The molecule has 2 aromatic carbocycles. The first-order valence-electron chi connectivity index (χ1n) is 7.47. The molecule has 0 spiro atoms. The Balaban J connectivity index is 2.78. The van der Waals surface area contributed by atoms with Crippen LogP contribution in [0.25, 0.3) is 0 Å². The SMILES string of the molecule is COc1cc(C)c(C(=O)c2c(C)ccc(Cl)c2C)c(OC)c1OC. The van der Waals surface area contributed by atoms with E-state index in [1.165, 1.54) is 14.2 Å². The van der Waals surface area contributed by atoms with Gasteiger partial charge < -0.3 is 14.2 Å². The van der Waals surface area contributed by atoms with Gasteiger partial charge in [-0.2, -0.15) is 0 Å². The van der Waals surface area contributed by atoms with Gasteiger partial charge in [-0.25, -0.2) is 0 Å². The molecule has 0 fully saturated rings. The third-order valence-electron chi connectivity index (χ3n) is 4.09. The topological polar surface area (TPSA) is 44.8 Å². The van der Waals surface area contributed by atoms with Gasteiger partial charge in [0.2, 0.25) is 5.75 Å². The Morgan fingerprint density at radius 2 is 1.50 bits per heavy atom. The Bertz CT molecular complexity index is 797. The molecule has 128 valence electrons. The lowest BCUT2D eigenvalue weighted by molar-refractivity contribution is 0.103. The lowest BCUT2D eigenvalue weighted by atomic mass is 9.91. The van der Waals surface area contributed by atoms with Crippen LogP contribution in [0.5, 0.6) is 17.2 Å². The number of methoxy groups -OCH3 is 3. The summed E-state index contributed by atoms with van der Waals surface area (Å²) in [6.45, 7) is 5.57. The van der Waals surface area contributed by atoms with Crippen LogP contribution in [0.2, 0.25) is 5.02 Å². The molecule has 2 aromatic rings. The van der Waals surface area contributed by atoms with E-state index in [9.17, 15) is 4.79 Å². The Kier molecular flexibility index (Phi) is 5.40. The number of rotatable bonds is 5. The molecule has 0 aliphatic carbocycles. The number of ether oxygens (including phenoxy) is 3. The van der Waals surface area contributed by atoms with Gasteiger partial charge in [0.25, 0.3) is 0 Å². The Labute approximate surface area is 147 Å². The number of hydrogen-bond acceptors (Lipinski definition) is 4. The zero-order valence-electron chi connectivity index (χ0n) is 14.7. The molecule has 0 N–H and O–H groups in total. The highest BCUT2D eigenvalue weighted by atomic mass is 35.5. The lowest BCUT2D eigenvalue weighted by Crippen LogP contribution is -2.11. The molecule has 4 nitrogen and oxygen atoms in total. The fourth-order valence-corrected chi connectivity index (χ4v) is 3.01. The van der Waals surface area contributed by atoms with Crippen molar-refractivity contribution in [2.45, 2.75) is 20.8 Å². The van der Waals surface area contributed by atoms with Crippen molar-refractivity contribution >= 4 is 17.4 Å². The molecule has 0 radical (unpaired) electrons. The second-order valence-corrected chi connectivity index (χ2v) is 5.94. The molecule has 2 rings (SSSR count). The van der Waals surface area contributed by atoms with Gasteiger partial charge in [0.1, 0.15) is 0 Å². The standard InChI is InChI=1S/C19H21ClO4/c1-10-7-8-13(20)12(3)15(10)17(21)16-11(2)9-14(22-4)18(23-5)19(16)24-6/h7-9H,1-6H3. The highest BCUT2D eigenvalue weighted by Crippen LogP contribution is 2.43. The van der Waals surface area contributed by atoms with Crippen LogP contribution in [0.1, 0.15) is 32.6 Å². The van der Waals surface area contributed by atoms with E-state index in [0.29, 0.717) is 33.4 Å². The summed E-state index contributed by atoms with van der Waals surface area (Å²) in [5.74, 6) is 1.12. The number of carbonyl (C=O) groups is 1. The number of benzene rings is 2. The van der Waals surface area contributed by atoms with E-state index >= 15 is 0 Å². The van der Waals surface area contributed by atoms with Crippen LogP contribution in [0.3, 0.4) is 0 Å². The largest absolute Gasteiger partial charge is 0.493 e. The summed E-state index contributed by atoms with van der Waals surface area (Å²) in [7, 11) is 4.56. The van der Waals surface area contributed by atoms with E-state index in [1.807, 2.05) is 26.8 Å². The van der Waals surface area contributed by atoms with E-state index in [1.54, 1.807) is 19.2 Å². The first kappa shape index (κ1) is 18.1. The molecule has 0 saturated heterocycles. The van der Waals surface area contributed by atoms with E-state index in [0.717, 1.165) is 16.7 Å². The summed E-state index contributed by atoms with van der Waals surface area (Å²) >= 11 is 6.21. The van der Waals surface area contributed by atoms with Crippen molar-refractivity contribution in [1.29, 1.82) is 0 Å². The van der Waals surface area contributed by atoms with Crippen molar-refractivity contribution in [1.82, 2.24) is 0 Å². The number of carbonyl (C=O) groups excluding carboxylic acids is 1. The van der Waals surface area contributed by atoms with E-state index in [2.05, 4.69) is 0 Å². The molecule has 0 heterocycles. The van der Waals surface area contributed by atoms with Gasteiger partial charge in [-0.1, -0.05) is 17.7 Å².